The van der Waals surface area contributed by atoms with Crippen molar-refractivity contribution in [1.29, 1.82) is 0 Å². The van der Waals surface area contributed by atoms with Gasteiger partial charge in [-0.1, -0.05) is 0 Å². The molecule has 31 heavy (non-hydrogen) atoms. The van der Waals surface area contributed by atoms with Crippen LogP contribution in [-0.2, 0) is 0 Å². The normalized spacial score (nSPS) is 10.1. The number of nitro groups is 1. The van der Waals surface area contributed by atoms with Crippen molar-refractivity contribution in [2.24, 2.45) is 0 Å². The van der Waals surface area contributed by atoms with Crippen molar-refractivity contribution >= 4 is 34.7 Å². The standard InChI is InChI=1S/C22H20N4O5/c1-2-31-20-13-9-16(10-14-20)23-21(27)15-3-5-17(6-4-15)24-22(28)25-18-7-11-19(12-8-18)26(29)30/h3-14H,2H2,1H3,(H,23,27)(H2,24,25,28). The van der Waals surface area contributed by atoms with E-state index >= 15 is 0 Å². The van der Waals surface area contributed by atoms with Gasteiger partial charge < -0.3 is 20.7 Å². The lowest BCUT2D eigenvalue weighted by molar-refractivity contribution is -0.384. The maximum atomic E-state index is 12.4. The number of anilines is 3. The summed E-state index contributed by atoms with van der Waals surface area (Å²) >= 11 is 0. The minimum atomic E-state index is -0.516. The summed E-state index contributed by atoms with van der Waals surface area (Å²) in [4.78, 5) is 34.6. The second-order valence-electron chi connectivity index (χ2n) is 6.37. The van der Waals surface area contributed by atoms with E-state index in [9.17, 15) is 19.7 Å². The molecule has 0 aliphatic rings. The molecule has 0 atom stereocenters. The number of nitro benzene ring substituents is 1. The van der Waals surface area contributed by atoms with Gasteiger partial charge in [0.1, 0.15) is 5.75 Å². The second-order valence-corrected chi connectivity index (χ2v) is 6.37. The third-order valence-electron chi connectivity index (χ3n) is 4.16. The van der Waals surface area contributed by atoms with Crippen LogP contribution in [0.3, 0.4) is 0 Å². The molecular formula is C22H20N4O5. The monoisotopic (exact) mass is 420 g/mol. The number of nitrogens with zero attached hydrogens (tertiary/aromatic N) is 1. The molecule has 0 aliphatic heterocycles. The first kappa shape index (κ1) is 21.3. The van der Waals surface area contributed by atoms with Crippen LogP contribution < -0.4 is 20.7 Å². The Kier molecular flexibility index (Phi) is 6.79. The molecule has 3 rings (SSSR count). The van der Waals surface area contributed by atoms with E-state index in [0.717, 1.165) is 5.75 Å². The lowest BCUT2D eigenvalue weighted by Crippen LogP contribution is -2.19. The Morgan fingerprint density at radius 3 is 1.81 bits per heavy atom. The van der Waals surface area contributed by atoms with Crippen LogP contribution in [-0.4, -0.2) is 23.5 Å². The summed E-state index contributed by atoms with van der Waals surface area (Å²) < 4.78 is 5.37. The molecule has 0 aliphatic carbocycles. The highest BCUT2D eigenvalue weighted by molar-refractivity contribution is 6.05. The smallest absolute Gasteiger partial charge is 0.323 e. The Bertz CT molecular complexity index is 1060. The van der Waals surface area contributed by atoms with Crippen LogP contribution in [0.1, 0.15) is 17.3 Å². The molecule has 9 nitrogen and oxygen atoms in total. The number of benzene rings is 3. The van der Waals surface area contributed by atoms with Crippen LogP contribution in [0.25, 0.3) is 0 Å². The summed E-state index contributed by atoms with van der Waals surface area (Å²) in [5, 5.41) is 18.7. The van der Waals surface area contributed by atoms with Gasteiger partial charge in [0.25, 0.3) is 11.6 Å². The van der Waals surface area contributed by atoms with Gasteiger partial charge in [0, 0.05) is 34.8 Å². The molecule has 0 aromatic heterocycles. The number of amides is 3. The Morgan fingerprint density at radius 2 is 1.29 bits per heavy atom. The van der Waals surface area contributed by atoms with Gasteiger partial charge in [-0.05, 0) is 67.6 Å². The Morgan fingerprint density at radius 1 is 0.806 bits per heavy atom. The molecule has 0 fully saturated rings. The maximum Gasteiger partial charge on any atom is 0.323 e. The highest BCUT2D eigenvalue weighted by atomic mass is 16.6. The number of nitrogens with one attached hydrogen (secondary N) is 3. The summed E-state index contributed by atoms with van der Waals surface area (Å²) in [5.74, 6) is 0.439. The van der Waals surface area contributed by atoms with E-state index in [1.807, 2.05) is 6.92 Å². The van der Waals surface area contributed by atoms with Crippen LogP contribution in [0, 0.1) is 10.1 Å². The van der Waals surface area contributed by atoms with Gasteiger partial charge in [0.05, 0.1) is 11.5 Å². The molecule has 0 spiro atoms. The van der Waals surface area contributed by atoms with Crippen molar-refractivity contribution in [2.45, 2.75) is 6.92 Å². The fourth-order valence-corrected chi connectivity index (χ4v) is 2.67. The average Bonchev–Trinajstić information content (AvgIpc) is 2.76. The number of carbonyl (C=O) groups excluding carboxylic acids is 2. The first-order chi connectivity index (χ1) is 14.9. The molecule has 3 N–H and O–H groups in total. The zero-order valence-corrected chi connectivity index (χ0v) is 16.6. The molecule has 0 heterocycles. The fraction of sp³-hybridized carbons (Fsp3) is 0.0909. The Balaban J connectivity index is 1.54. The third-order valence-corrected chi connectivity index (χ3v) is 4.16. The minimum Gasteiger partial charge on any atom is -0.494 e. The van der Waals surface area contributed by atoms with Crippen LogP contribution >= 0.6 is 0 Å². The molecule has 0 saturated heterocycles. The van der Waals surface area contributed by atoms with Crippen LogP contribution in [0.2, 0.25) is 0 Å². The van der Waals surface area contributed by atoms with Gasteiger partial charge in [0.15, 0.2) is 0 Å². The number of urea groups is 1. The maximum absolute atomic E-state index is 12.4. The van der Waals surface area contributed by atoms with E-state index in [2.05, 4.69) is 16.0 Å². The number of ether oxygens (including phenoxy) is 1. The highest BCUT2D eigenvalue weighted by Gasteiger charge is 2.09. The minimum absolute atomic E-state index is 0.0648. The third kappa shape index (κ3) is 6.04. The predicted octanol–water partition coefficient (Wildman–Crippen LogP) is 4.89. The quantitative estimate of drug-likeness (QED) is 0.371. The molecule has 0 unspecified atom stereocenters. The topological polar surface area (TPSA) is 123 Å². The summed E-state index contributed by atoms with van der Waals surface area (Å²) in [7, 11) is 0. The van der Waals surface area contributed by atoms with Gasteiger partial charge in [-0.15, -0.1) is 0 Å². The van der Waals surface area contributed by atoms with Crippen molar-refractivity contribution in [3.63, 3.8) is 0 Å². The first-order valence-corrected chi connectivity index (χ1v) is 9.41. The first-order valence-electron chi connectivity index (χ1n) is 9.41. The predicted molar refractivity (Wildman–Crippen MR) is 118 cm³/mol. The Hall–Kier alpha value is -4.40. The van der Waals surface area contributed by atoms with Crippen LogP contribution in [0.4, 0.5) is 27.5 Å². The molecule has 3 aromatic rings. The molecule has 3 amide bonds. The summed E-state index contributed by atoms with van der Waals surface area (Å²) in [6, 6.07) is 18.4. The van der Waals surface area contributed by atoms with E-state index < -0.39 is 11.0 Å². The van der Waals surface area contributed by atoms with E-state index in [4.69, 9.17) is 4.74 Å². The second kappa shape index (κ2) is 9.88. The van der Waals surface area contributed by atoms with Gasteiger partial charge in [0.2, 0.25) is 0 Å². The van der Waals surface area contributed by atoms with Crippen molar-refractivity contribution < 1.29 is 19.2 Å². The number of hydrogen-bond acceptors (Lipinski definition) is 5. The van der Waals surface area contributed by atoms with Gasteiger partial charge in [-0.25, -0.2) is 4.79 Å². The van der Waals surface area contributed by atoms with Gasteiger partial charge in [-0.2, -0.15) is 0 Å². The SMILES string of the molecule is CCOc1ccc(NC(=O)c2ccc(NC(=O)Nc3ccc([N+](=O)[O-])cc3)cc2)cc1. The van der Waals surface area contributed by atoms with Crippen LogP contribution in [0.15, 0.2) is 72.8 Å². The number of hydrogen-bond donors (Lipinski definition) is 3. The number of rotatable bonds is 7. The Labute approximate surface area is 178 Å². The van der Waals surface area contributed by atoms with Gasteiger partial charge >= 0.3 is 6.03 Å². The largest absolute Gasteiger partial charge is 0.494 e. The number of carbonyl (C=O) groups is 2. The van der Waals surface area contributed by atoms with E-state index in [0.29, 0.717) is 29.2 Å². The highest BCUT2D eigenvalue weighted by Crippen LogP contribution is 2.18. The molecule has 3 aromatic carbocycles. The summed E-state index contributed by atoms with van der Waals surface area (Å²) in [5.41, 5.74) is 1.89. The molecule has 0 saturated carbocycles. The van der Waals surface area contributed by atoms with E-state index in [-0.39, 0.29) is 11.6 Å². The molecule has 158 valence electrons. The lowest BCUT2D eigenvalue weighted by Gasteiger charge is -2.09. The zero-order chi connectivity index (χ0) is 22.2. The van der Waals surface area contributed by atoms with Crippen molar-refractivity contribution in [3.8, 4) is 5.75 Å². The number of non-ortho nitro benzene ring substituents is 1. The van der Waals surface area contributed by atoms with E-state index in [1.54, 1.807) is 48.5 Å². The van der Waals surface area contributed by atoms with E-state index in [1.165, 1.54) is 24.3 Å². The lowest BCUT2D eigenvalue weighted by atomic mass is 10.2. The van der Waals surface area contributed by atoms with Gasteiger partial charge in [-0.3, -0.25) is 14.9 Å². The summed E-state index contributed by atoms with van der Waals surface area (Å²) in [6.07, 6.45) is 0. The van der Waals surface area contributed by atoms with Crippen molar-refractivity contribution in [1.82, 2.24) is 0 Å². The van der Waals surface area contributed by atoms with Crippen molar-refractivity contribution in [3.05, 3.63) is 88.5 Å². The molecule has 9 heteroatoms. The van der Waals surface area contributed by atoms with Crippen LogP contribution in [0.5, 0.6) is 5.75 Å². The fourth-order valence-electron chi connectivity index (χ4n) is 2.67. The molecule has 0 radical (unpaired) electrons. The van der Waals surface area contributed by atoms with Crippen molar-refractivity contribution in [2.75, 3.05) is 22.6 Å². The molecular weight excluding hydrogens is 400 g/mol. The average molecular weight is 420 g/mol. The zero-order valence-electron chi connectivity index (χ0n) is 16.6. The summed E-state index contributed by atoms with van der Waals surface area (Å²) in [6.45, 7) is 2.46. The molecule has 0 bridgehead atoms.